The molecule has 172 valence electrons. The number of ether oxygens (including phenoxy) is 3. The van der Waals surface area contributed by atoms with Gasteiger partial charge in [0, 0.05) is 37.0 Å². The number of rotatable bonds is 9. The Morgan fingerprint density at radius 1 is 1.12 bits per heavy atom. The third-order valence-electron chi connectivity index (χ3n) is 5.36. The number of nitrogens with zero attached hydrogens (tertiary/aromatic N) is 4. The van der Waals surface area contributed by atoms with E-state index in [1.54, 1.807) is 44.4 Å². The molecule has 0 N–H and O–H groups in total. The Balaban J connectivity index is 1.40. The van der Waals surface area contributed by atoms with Crippen LogP contribution in [0.3, 0.4) is 0 Å². The van der Waals surface area contributed by atoms with Gasteiger partial charge in [0.05, 0.1) is 43.2 Å². The fourth-order valence-electron chi connectivity index (χ4n) is 3.61. The quantitative estimate of drug-likeness (QED) is 0.345. The van der Waals surface area contributed by atoms with Crippen molar-refractivity contribution in [3.63, 3.8) is 0 Å². The van der Waals surface area contributed by atoms with Gasteiger partial charge in [0.25, 0.3) is 0 Å². The molecule has 0 amide bonds. The summed E-state index contributed by atoms with van der Waals surface area (Å²) in [4.78, 5) is 16.9. The molecule has 0 fully saturated rings. The van der Waals surface area contributed by atoms with E-state index in [0.29, 0.717) is 23.1 Å². The molecule has 0 aliphatic rings. The second kappa shape index (κ2) is 10.1. The molecular formula is C24H25ClN4O4. The molecule has 9 heteroatoms. The Bertz CT molecular complexity index is 1280. The fraction of sp³-hybridized carbons (Fsp3) is 0.292. The van der Waals surface area contributed by atoms with E-state index < -0.39 is 0 Å². The van der Waals surface area contributed by atoms with E-state index in [2.05, 4.69) is 10.1 Å². The van der Waals surface area contributed by atoms with Gasteiger partial charge in [-0.05, 0) is 42.0 Å². The highest BCUT2D eigenvalue weighted by molar-refractivity contribution is 6.30. The molecule has 2 aromatic carbocycles. The van der Waals surface area contributed by atoms with Gasteiger partial charge in [-0.1, -0.05) is 17.7 Å². The summed E-state index contributed by atoms with van der Waals surface area (Å²) < 4.78 is 19.7. The van der Waals surface area contributed by atoms with Crippen LogP contribution in [0.2, 0.25) is 5.02 Å². The number of imidazole rings is 1. The van der Waals surface area contributed by atoms with Crippen molar-refractivity contribution >= 4 is 28.6 Å². The van der Waals surface area contributed by atoms with Crippen molar-refractivity contribution in [3.05, 3.63) is 65.1 Å². The molecule has 4 rings (SSSR count). The number of fused-ring (bicyclic) bond motifs is 1. The van der Waals surface area contributed by atoms with Crippen molar-refractivity contribution in [2.75, 3.05) is 20.8 Å². The summed E-state index contributed by atoms with van der Waals surface area (Å²) in [6.07, 6.45) is 1.89. The Labute approximate surface area is 196 Å². The molecule has 2 aromatic heterocycles. The zero-order valence-corrected chi connectivity index (χ0v) is 19.5. The molecule has 0 unspecified atom stereocenters. The predicted molar refractivity (Wildman–Crippen MR) is 125 cm³/mol. The molecular weight excluding hydrogens is 444 g/mol. The number of hydrogen-bond acceptors (Lipinski definition) is 6. The summed E-state index contributed by atoms with van der Waals surface area (Å²) in [6.45, 7) is 1.52. The number of aryl methyl sites for hydroxylation is 1. The van der Waals surface area contributed by atoms with E-state index in [4.69, 9.17) is 25.8 Å². The maximum Gasteiger partial charge on any atom is 0.312 e. The molecule has 0 saturated carbocycles. The van der Waals surface area contributed by atoms with Crippen LogP contribution in [-0.2, 0) is 40.9 Å². The van der Waals surface area contributed by atoms with Crippen LogP contribution in [0.15, 0.2) is 48.8 Å². The van der Waals surface area contributed by atoms with Crippen LogP contribution < -0.4 is 4.74 Å². The third kappa shape index (κ3) is 5.18. The van der Waals surface area contributed by atoms with Crippen LogP contribution in [0, 0.1) is 0 Å². The van der Waals surface area contributed by atoms with Crippen molar-refractivity contribution in [2.24, 2.45) is 7.05 Å². The fourth-order valence-corrected chi connectivity index (χ4v) is 3.77. The van der Waals surface area contributed by atoms with E-state index in [0.717, 1.165) is 34.4 Å². The minimum absolute atomic E-state index is 0.104. The summed E-state index contributed by atoms with van der Waals surface area (Å²) in [5, 5.41) is 5.09. The van der Waals surface area contributed by atoms with E-state index >= 15 is 0 Å². The number of esters is 1. The molecule has 0 aliphatic heterocycles. The maximum atomic E-state index is 12.5. The molecule has 8 nitrogen and oxygen atoms in total. The minimum Gasteiger partial charge on any atom is -0.496 e. The first kappa shape index (κ1) is 22.8. The number of carbonyl (C=O) groups excluding carboxylic acids is 1. The SMILES string of the molecule is COCCn1cnc2cc(COC(=O)Cc3cc(-c4ccc(Cl)cc4OC)nn3C)ccc21. The summed E-state index contributed by atoms with van der Waals surface area (Å²) in [5.41, 5.74) is 4.98. The number of halogens is 1. The second-order valence-corrected chi connectivity index (χ2v) is 8.02. The lowest BCUT2D eigenvalue weighted by Gasteiger charge is -2.06. The topological polar surface area (TPSA) is 80.4 Å². The molecule has 2 heterocycles. The van der Waals surface area contributed by atoms with Gasteiger partial charge < -0.3 is 18.8 Å². The first-order valence-corrected chi connectivity index (χ1v) is 10.8. The lowest BCUT2D eigenvalue weighted by Crippen LogP contribution is -2.11. The standard InChI is InChI=1S/C24H25ClN4O4/c1-28-18(12-20(27-28)19-6-5-17(25)11-23(19)32-3)13-24(30)33-14-16-4-7-22-21(10-16)26-15-29(22)8-9-31-2/h4-7,10-12,15H,8-9,13-14H2,1-3H3. The molecule has 0 atom stereocenters. The highest BCUT2D eigenvalue weighted by atomic mass is 35.5. The van der Waals surface area contributed by atoms with Crippen molar-refractivity contribution < 1.29 is 19.0 Å². The van der Waals surface area contributed by atoms with Crippen molar-refractivity contribution in [1.82, 2.24) is 19.3 Å². The zero-order chi connectivity index (χ0) is 23.4. The monoisotopic (exact) mass is 468 g/mol. The van der Waals surface area contributed by atoms with Gasteiger partial charge in [-0.2, -0.15) is 5.10 Å². The first-order chi connectivity index (χ1) is 16.0. The second-order valence-electron chi connectivity index (χ2n) is 7.58. The van der Waals surface area contributed by atoms with Crippen molar-refractivity contribution in [3.8, 4) is 17.0 Å². The van der Waals surface area contributed by atoms with Gasteiger partial charge in [-0.15, -0.1) is 0 Å². The normalized spacial score (nSPS) is 11.2. The lowest BCUT2D eigenvalue weighted by atomic mass is 10.1. The Morgan fingerprint density at radius 3 is 2.76 bits per heavy atom. The average Bonchev–Trinajstić information content (AvgIpc) is 3.38. The molecule has 0 spiro atoms. The van der Waals surface area contributed by atoms with Crippen LogP contribution in [0.25, 0.3) is 22.3 Å². The number of benzene rings is 2. The van der Waals surface area contributed by atoms with Gasteiger partial charge in [0.1, 0.15) is 12.4 Å². The van der Waals surface area contributed by atoms with Crippen LogP contribution in [0.5, 0.6) is 5.75 Å². The number of aromatic nitrogens is 4. The average molecular weight is 469 g/mol. The van der Waals surface area contributed by atoms with Gasteiger partial charge >= 0.3 is 5.97 Å². The smallest absolute Gasteiger partial charge is 0.312 e. The van der Waals surface area contributed by atoms with E-state index in [1.165, 1.54) is 0 Å². The molecule has 33 heavy (non-hydrogen) atoms. The van der Waals surface area contributed by atoms with Crippen LogP contribution in [-0.4, -0.2) is 46.1 Å². The molecule has 4 aromatic rings. The third-order valence-corrected chi connectivity index (χ3v) is 5.60. The molecule has 0 bridgehead atoms. The Morgan fingerprint density at radius 2 is 1.97 bits per heavy atom. The van der Waals surface area contributed by atoms with Crippen LogP contribution >= 0.6 is 11.6 Å². The van der Waals surface area contributed by atoms with Gasteiger partial charge in [-0.25, -0.2) is 4.98 Å². The van der Waals surface area contributed by atoms with E-state index in [1.807, 2.05) is 34.9 Å². The predicted octanol–water partition coefficient (Wildman–Crippen LogP) is 4.03. The number of carbonyl (C=O) groups is 1. The van der Waals surface area contributed by atoms with Crippen molar-refractivity contribution in [1.29, 1.82) is 0 Å². The Hall–Kier alpha value is -3.36. The van der Waals surface area contributed by atoms with E-state index in [-0.39, 0.29) is 19.0 Å². The maximum absolute atomic E-state index is 12.5. The lowest BCUT2D eigenvalue weighted by molar-refractivity contribution is -0.144. The van der Waals surface area contributed by atoms with Crippen LogP contribution in [0.4, 0.5) is 0 Å². The summed E-state index contributed by atoms with van der Waals surface area (Å²) in [5.74, 6) is 0.285. The highest BCUT2D eigenvalue weighted by Gasteiger charge is 2.15. The summed E-state index contributed by atoms with van der Waals surface area (Å²) >= 11 is 6.05. The van der Waals surface area contributed by atoms with Gasteiger partial charge in [0.2, 0.25) is 0 Å². The zero-order valence-electron chi connectivity index (χ0n) is 18.7. The number of hydrogen-bond donors (Lipinski definition) is 0. The van der Waals surface area contributed by atoms with Crippen molar-refractivity contribution in [2.45, 2.75) is 19.6 Å². The molecule has 0 aliphatic carbocycles. The van der Waals surface area contributed by atoms with Gasteiger partial charge in [0.15, 0.2) is 0 Å². The first-order valence-electron chi connectivity index (χ1n) is 10.4. The largest absolute Gasteiger partial charge is 0.496 e. The number of methoxy groups -OCH3 is 2. The van der Waals surface area contributed by atoms with E-state index in [9.17, 15) is 4.79 Å². The highest BCUT2D eigenvalue weighted by Crippen LogP contribution is 2.32. The van der Waals surface area contributed by atoms with Crippen LogP contribution in [0.1, 0.15) is 11.3 Å². The molecule has 0 saturated heterocycles. The Kier molecular flexibility index (Phi) is 6.96. The molecule has 0 radical (unpaired) electrons. The summed E-state index contributed by atoms with van der Waals surface area (Å²) in [6, 6.07) is 13.1. The minimum atomic E-state index is -0.335. The van der Waals surface area contributed by atoms with Gasteiger partial charge in [-0.3, -0.25) is 9.48 Å². The summed E-state index contributed by atoms with van der Waals surface area (Å²) in [7, 11) is 5.05.